The standard InChI is InChI=1S/C25H26ClNO4/c1-4-30-24-12-7-19(25(28)27-15-18-5-8-21(29-3)9-6-18)14-20(24)16-31-22-10-11-23(26)17(2)13-22/h5-14H,4,15-16H2,1-3H3,(H,27,28). The average molecular weight is 440 g/mol. The zero-order chi connectivity index (χ0) is 22.2. The first-order valence-corrected chi connectivity index (χ1v) is 10.4. The van der Waals surface area contributed by atoms with Gasteiger partial charge in [0.25, 0.3) is 5.91 Å². The minimum absolute atomic E-state index is 0.164. The van der Waals surface area contributed by atoms with Crippen LogP contribution in [0.5, 0.6) is 17.2 Å². The first-order valence-electron chi connectivity index (χ1n) is 10.1. The third-order valence-corrected chi connectivity index (χ3v) is 5.18. The van der Waals surface area contributed by atoms with Crippen molar-refractivity contribution in [1.29, 1.82) is 0 Å². The van der Waals surface area contributed by atoms with E-state index in [1.54, 1.807) is 31.4 Å². The summed E-state index contributed by atoms with van der Waals surface area (Å²) in [6.45, 7) is 5.06. The lowest BCUT2D eigenvalue weighted by molar-refractivity contribution is 0.0950. The summed E-state index contributed by atoms with van der Waals surface area (Å²) in [5.74, 6) is 2.02. The van der Waals surface area contributed by atoms with Gasteiger partial charge in [0.15, 0.2) is 0 Å². The van der Waals surface area contributed by atoms with Crippen LogP contribution in [0.15, 0.2) is 60.7 Å². The summed E-state index contributed by atoms with van der Waals surface area (Å²) in [5.41, 5.74) is 3.27. The molecular weight excluding hydrogens is 414 g/mol. The fraction of sp³-hybridized carbons (Fsp3) is 0.240. The highest BCUT2D eigenvalue weighted by Crippen LogP contribution is 2.25. The van der Waals surface area contributed by atoms with Crippen LogP contribution in [0.2, 0.25) is 5.02 Å². The molecular formula is C25H26ClNO4. The van der Waals surface area contributed by atoms with Gasteiger partial charge in [-0.2, -0.15) is 0 Å². The Morgan fingerprint density at radius 1 is 0.968 bits per heavy atom. The average Bonchev–Trinajstić information content (AvgIpc) is 2.79. The monoisotopic (exact) mass is 439 g/mol. The van der Waals surface area contributed by atoms with E-state index >= 15 is 0 Å². The van der Waals surface area contributed by atoms with Gasteiger partial charge in [-0.05, 0) is 73.5 Å². The van der Waals surface area contributed by atoms with Gasteiger partial charge in [-0.3, -0.25) is 4.79 Å². The molecule has 0 aliphatic rings. The maximum absolute atomic E-state index is 12.7. The topological polar surface area (TPSA) is 56.8 Å². The molecule has 0 atom stereocenters. The predicted octanol–water partition coefficient (Wildman–Crippen LogP) is 5.56. The molecule has 162 valence electrons. The molecule has 0 spiro atoms. The number of halogens is 1. The maximum atomic E-state index is 12.7. The maximum Gasteiger partial charge on any atom is 0.251 e. The van der Waals surface area contributed by atoms with Gasteiger partial charge in [-0.15, -0.1) is 0 Å². The summed E-state index contributed by atoms with van der Waals surface area (Å²) in [4.78, 5) is 12.7. The van der Waals surface area contributed by atoms with Crippen molar-refractivity contribution in [3.63, 3.8) is 0 Å². The number of ether oxygens (including phenoxy) is 3. The van der Waals surface area contributed by atoms with Gasteiger partial charge in [0.2, 0.25) is 0 Å². The Kier molecular flexibility index (Phi) is 7.79. The second-order valence-electron chi connectivity index (χ2n) is 6.99. The van der Waals surface area contributed by atoms with Gasteiger partial charge < -0.3 is 19.5 Å². The summed E-state index contributed by atoms with van der Waals surface area (Å²) in [7, 11) is 1.62. The van der Waals surface area contributed by atoms with Crippen molar-refractivity contribution < 1.29 is 19.0 Å². The second kappa shape index (κ2) is 10.7. The summed E-state index contributed by atoms with van der Waals surface area (Å²) in [5, 5.41) is 3.64. The van der Waals surface area contributed by atoms with Crippen molar-refractivity contribution in [1.82, 2.24) is 5.32 Å². The van der Waals surface area contributed by atoms with Gasteiger partial charge in [0, 0.05) is 22.7 Å². The van der Waals surface area contributed by atoms with E-state index in [0.717, 1.165) is 22.4 Å². The SMILES string of the molecule is CCOc1ccc(C(=O)NCc2ccc(OC)cc2)cc1COc1ccc(Cl)c(C)c1. The summed E-state index contributed by atoms with van der Waals surface area (Å²) in [6.07, 6.45) is 0. The number of hydrogen-bond donors (Lipinski definition) is 1. The van der Waals surface area contributed by atoms with E-state index < -0.39 is 0 Å². The lowest BCUT2D eigenvalue weighted by Crippen LogP contribution is -2.23. The highest BCUT2D eigenvalue weighted by Gasteiger charge is 2.12. The zero-order valence-corrected chi connectivity index (χ0v) is 18.7. The van der Waals surface area contributed by atoms with E-state index in [0.29, 0.717) is 35.2 Å². The molecule has 3 aromatic rings. The van der Waals surface area contributed by atoms with E-state index in [2.05, 4.69) is 5.32 Å². The quantitative estimate of drug-likeness (QED) is 0.474. The van der Waals surface area contributed by atoms with Crippen molar-refractivity contribution >= 4 is 17.5 Å². The minimum atomic E-state index is -0.164. The number of carbonyl (C=O) groups excluding carboxylic acids is 1. The molecule has 3 rings (SSSR count). The van der Waals surface area contributed by atoms with Crippen LogP contribution in [0.3, 0.4) is 0 Å². The van der Waals surface area contributed by atoms with E-state index in [9.17, 15) is 4.79 Å². The molecule has 0 heterocycles. The molecule has 0 unspecified atom stereocenters. The molecule has 0 saturated heterocycles. The molecule has 1 N–H and O–H groups in total. The first-order chi connectivity index (χ1) is 15.0. The molecule has 0 aliphatic carbocycles. The van der Waals surface area contributed by atoms with Crippen molar-refractivity contribution in [2.24, 2.45) is 0 Å². The van der Waals surface area contributed by atoms with Gasteiger partial charge >= 0.3 is 0 Å². The van der Waals surface area contributed by atoms with Gasteiger partial charge in [-0.25, -0.2) is 0 Å². The van der Waals surface area contributed by atoms with E-state index in [4.69, 9.17) is 25.8 Å². The highest BCUT2D eigenvalue weighted by atomic mass is 35.5. The Bertz CT molecular complexity index is 1030. The van der Waals surface area contributed by atoms with Crippen molar-refractivity contribution in [2.45, 2.75) is 27.0 Å². The normalized spacial score (nSPS) is 10.5. The largest absolute Gasteiger partial charge is 0.497 e. The number of hydrogen-bond acceptors (Lipinski definition) is 4. The Balaban J connectivity index is 1.69. The number of nitrogens with one attached hydrogen (secondary N) is 1. The fourth-order valence-corrected chi connectivity index (χ4v) is 3.14. The van der Waals surface area contributed by atoms with Gasteiger partial charge in [0.1, 0.15) is 23.9 Å². The van der Waals surface area contributed by atoms with Crippen LogP contribution >= 0.6 is 11.6 Å². The number of carbonyl (C=O) groups is 1. The Labute approximate surface area is 187 Å². The molecule has 1 amide bonds. The van der Waals surface area contributed by atoms with Crippen LogP contribution < -0.4 is 19.5 Å². The molecule has 6 heteroatoms. The molecule has 5 nitrogen and oxygen atoms in total. The zero-order valence-electron chi connectivity index (χ0n) is 17.9. The number of benzene rings is 3. The number of methoxy groups -OCH3 is 1. The van der Waals surface area contributed by atoms with Crippen molar-refractivity contribution in [3.8, 4) is 17.2 Å². The third kappa shape index (κ3) is 6.15. The van der Waals surface area contributed by atoms with Crippen molar-refractivity contribution in [2.75, 3.05) is 13.7 Å². The summed E-state index contributed by atoms with van der Waals surface area (Å²) < 4.78 is 16.8. The van der Waals surface area contributed by atoms with Crippen LogP contribution in [0, 0.1) is 6.92 Å². The highest BCUT2D eigenvalue weighted by molar-refractivity contribution is 6.31. The van der Waals surface area contributed by atoms with Crippen molar-refractivity contribution in [3.05, 3.63) is 87.9 Å². The van der Waals surface area contributed by atoms with Crippen LogP contribution in [0.25, 0.3) is 0 Å². The summed E-state index contributed by atoms with van der Waals surface area (Å²) in [6, 6.07) is 18.4. The number of aryl methyl sites for hydroxylation is 1. The first kappa shape index (κ1) is 22.5. The lowest BCUT2D eigenvalue weighted by atomic mass is 10.1. The lowest BCUT2D eigenvalue weighted by Gasteiger charge is -2.14. The van der Waals surface area contributed by atoms with Gasteiger partial charge in [-0.1, -0.05) is 23.7 Å². The number of amides is 1. The third-order valence-electron chi connectivity index (χ3n) is 4.76. The van der Waals surface area contributed by atoms with E-state index in [1.807, 2.05) is 50.2 Å². The van der Waals surface area contributed by atoms with Gasteiger partial charge in [0.05, 0.1) is 13.7 Å². The number of rotatable bonds is 9. The van der Waals surface area contributed by atoms with Crippen LogP contribution in [0.1, 0.15) is 34.0 Å². The second-order valence-corrected chi connectivity index (χ2v) is 7.39. The molecule has 0 aromatic heterocycles. The van der Waals surface area contributed by atoms with Crippen LogP contribution in [-0.4, -0.2) is 19.6 Å². The van der Waals surface area contributed by atoms with E-state index in [-0.39, 0.29) is 12.5 Å². The molecule has 0 fully saturated rings. The Morgan fingerprint density at radius 3 is 2.39 bits per heavy atom. The molecule has 0 saturated carbocycles. The van der Waals surface area contributed by atoms with E-state index in [1.165, 1.54) is 0 Å². The smallest absolute Gasteiger partial charge is 0.251 e. The van der Waals surface area contributed by atoms with Crippen LogP contribution in [0.4, 0.5) is 0 Å². The minimum Gasteiger partial charge on any atom is -0.497 e. The molecule has 31 heavy (non-hydrogen) atoms. The van der Waals surface area contributed by atoms with Crippen LogP contribution in [-0.2, 0) is 13.2 Å². The molecule has 0 radical (unpaired) electrons. The Hall–Kier alpha value is -3.18. The Morgan fingerprint density at radius 2 is 1.71 bits per heavy atom. The fourth-order valence-electron chi connectivity index (χ4n) is 3.03. The molecule has 0 bridgehead atoms. The predicted molar refractivity (Wildman–Crippen MR) is 122 cm³/mol. The molecule has 3 aromatic carbocycles. The summed E-state index contributed by atoms with van der Waals surface area (Å²) >= 11 is 6.08. The molecule has 0 aliphatic heterocycles.